The third kappa shape index (κ3) is 6.17. The summed E-state index contributed by atoms with van der Waals surface area (Å²) in [5.74, 6) is -1.55. The highest BCUT2D eigenvalue weighted by atomic mass is 35.5. The number of para-hydroxylation sites is 1. The van der Waals surface area contributed by atoms with Crippen LogP contribution < -0.4 is 20.3 Å². The molecule has 2 amide bonds. The molecule has 2 N–H and O–H groups in total. The van der Waals surface area contributed by atoms with Gasteiger partial charge in [-0.2, -0.15) is 0 Å². The van der Waals surface area contributed by atoms with Gasteiger partial charge in [-0.3, -0.25) is 20.4 Å². The van der Waals surface area contributed by atoms with Crippen LogP contribution >= 0.6 is 11.6 Å². The topological polar surface area (TPSA) is 76.7 Å². The van der Waals surface area contributed by atoms with Crippen molar-refractivity contribution in [2.24, 2.45) is 0 Å². The van der Waals surface area contributed by atoms with Crippen LogP contribution in [0.15, 0.2) is 48.5 Å². The molecule has 10 heteroatoms. The Bertz CT molecular complexity index is 782. The Hall–Kier alpha value is -2.94. The maximum absolute atomic E-state index is 12.1. The number of carbonyl (C=O) groups is 2. The minimum atomic E-state index is -4.82. The molecule has 0 aliphatic heterocycles. The molecule has 0 saturated heterocycles. The van der Waals surface area contributed by atoms with Gasteiger partial charge in [-0.05, 0) is 36.4 Å². The zero-order valence-electron chi connectivity index (χ0n) is 13.0. The van der Waals surface area contributed by atoms with Gasteiger partial charge in [0.1, 0.15) is 11.5 Å². The highest BCUT2D eigenvalue weighted by Crippen LogP contribution is 2.23. The standard InChI is InChI=1S/C16H12ClF3N2O4/c17-12-3-1-2-4-13(12)25-9-14(23)21-22-15(24)10-5-7-11(8-6-10)26-16(18,19)20/h1-8H,9H2,(H,21,23)(H,22,24). The molecule has 0 bridgehead atoms. The Kier molecular flexibility index (Phi) is 6.29. The van der Waals surface area contributed by atoms with Gasteiger partial charge in [0, 0.05) is 5.56 Å². The first-order valence-electron chi connectivity index (χ1n) is 7.07. The highest BCUT2D eigenvalue weighted by molar-refractivity contribution is 6.32. The van der Waals surface area contributed by atoms with Crippen molar-refractivity contribution in [3.63, 3.8) is 0 Å². The van der Waals surface area contributed by atoms with Crippen LogP contribution in [0.25, 0.3) is 0 Å². The van der Waals surface area contributed by atoms with Gasteiger partial charge in [-0.1, -0.05) is 23.7 Å². The predicted molar refractivity (Wildman–Crippen MR) is 85.7 cm³/mol. The van der Waals surface area contributed by atoms with Crippen molar-refractivity contribution < 1.29 is 32.2 Å². The van der Waals surface area contributed by atoms with E-state index in [0.29, 0.717) is 10.8 Å². The quantitative estimate of drug-likeness (QED) is 0.772. The molecule has 0 spiro atoms. The third-order valence-corrected chi connectivity index (χ3v) is 3.17. The van der Waals surface area contributed by atoms with Gasteiger partial charge in [-0.25, -0.2) is 0 Å². The molecule has 0 fully saturated rings. The van der Waals surface area contributed by atoms with Gasteiger partial charge in [0.05, 0.1) is 5.02 Å². The Balaban J connectivity index is 1.80. The minimum absolute atomic E-state index is 0.0202. The van der Waals surface area contributed by atoms with Gasteiger partial charge in [0.15, 0.2) is 6.61 Å². The average Bonchev–Trinajstić information content (AvgIpc) is 2.58. The molecule has 0 atom stereocenters. The van der Waals surface area contributed by atoms with Crippen LogP contribution in [0.1, 0.15) is 10.4 Å². The van der Waals surface area contributed by atoms with Gasteiger partial charge < -0.3 is 9.47 Å². The number of hydrogen-bond donors (Lipinski definition) is 2. The first kappa shape index (κ1) is 19.4. The molecular formula is C16H12ClF3N2O4. The molecule has 0 aliphatic rings. The largest absolute Gasteiger partial charge is 0.573 e. The van der Waals surface area contributed by atoms with Crippen LogP contribution in [-0.4, -0.2) is 24.8 Å². The number of amides is 2. The summed E-state index contributed by atoms with van der Waals surface area (Å²) in [6, 6.07) is 10.7. The zero-order valence-corrected chi connectivity index (χ0v) is 13.7. The Labute approximate surface area is 150 Å². The fraction of sp³-hybridized carbons (Fsp3) is 0.125. The minimum Gasteiger partial charge on any atom is -0.482 e. The van der Waals surface area contributed by atoms with Crippen molar-refractivity contribution >= 4 is 23.4 Å². The van der Waals surface area contributed by atoms with Crippen LogP contribution in [0, 0.1) is 0 Å². The number of benzene rings is 2. The van der Waals surface area contributed by atoms with Gasteiger partial charge in [0.25, 0.3) is 11.8 Å². The summed E-state index contributed by atoms with van der Waals surface area (Å²) in [6.45, 7) is -0.400. The molecule has 138 valence electrons. The molecule has 2 aromatic carbocycles. The lowest BCUT2D eigenvalue weighted by Gasteiger charge is -2.11. The second kappa shape index (κ2) is 8.43. The number of halogens is 4. The van der Waals surface area contributed by atoms with Crippen molar-refractivity contribution in [1.29, 1.82) is 0 Å². The van der Waals surface area contributed by atoms with Gasteiger partial charge >= 0.3 is 6.36 Å². The van der Waals surface area contributed by atoms with Gasteiger partial charge in [-0.15, -0.1) is 13.2 Å². The molecule has 0 saturated carbocycles. The number of hydrogen-bond acceptors (Lipinski definition) is 4. The predicted octanol–water partition coefficient (Wildman–Crippen LogP) is 3.08. The van der Waals surface area contributed by atoms with Crippen LogP contribution in [-0.2, 0) is 4.79 Å². The number of alkyl halides is 3. The summed E-state index contributed by atoms with van der Waals surface area (Å²) in [7, 11) is 0. The molecule has 0 aromatic heterocycles. The third-order valence-electron chi connectivity index (χ3n) is 2.86. The molecule has 26 heavy (non-hydrogen) atoms. The maximum atomic E-state index is 12.1. The molecule has 0 aliphatic carbocycles. The lowest BCUT2D eigenvalue weighted by molar-refractivity contribution is -0.274. The number of rotatable bonds is 5. The molecule has 0 heterocycles. The monoisotopic (exact) mass is 388 g/mol. The normalized spacial score (nSPS) is 10.8. The molecule has 6 nitrogen and oxygen atoms in total. The number of ether oxygens (including phenoxy) is 2. The number of hydrazine groups is 1. The first-order chi connectivity index (χ1) is 12.2. The van der Waals surface area contributed by atoms with Crippen molar-refractivity contribution in [3.05, 3.63) is 59.1 Å². The Morgan fingerprint density at radius 1 is 1.00 bits per heavy atom. The number of carbonyl (C=O) groups excluding carboxylic acids is 2. The second-order valence-electron chi connectivity index (χ2n) is 4.79. The molecule has 2 aromatic rings. The summed E-state index contributed by atoms with van der Waals surface area (Å²) in [5, 5.41) is 0.325. The molecular weight excluding hydrogens is 377 g/mol. The van der Waals surface area contributed by atoms with Crippen LogP contribution in [0.3, 0.4) is 0 Å². The van der Waals surface area contributed by atoms with Gasteiger partial charge in [0.2, 0.25) is 0 Å². The smallest absolute Gasteiger partial charge is 0.482 e. The summed E-state index contributed by atoms with van der Waals surface area (Å²) in [5.41, 5.74) is 4.23. The van der Waals surface area contributed by atoms with Crippen LogP contribution in [0.5, 0.6) is 11.5 Å². The van der Waals surface area contributed by atoms with Crippen molar-refractivity contribution in [2.45, 2.75) is 6.36 Å². The first-order valence-corrected chi connectivity index (χ1v) is 7.45. The highest BCUT2D eigenvalue weighted by Gasteiger charge is 2.31. The summed E-state index contributed by atoms with van der Waals surface area (Å²) < 4.78 is 45.1. The van der Waals surface area contributed by atoms with Crippen molar-refractivity contribution in [1.82, 2.24) is 10.9 Å². The Morgan fingerprint density at radius 2 is 1.65 bits per heavy atom. The van der Waals surface area contributed by atoms with E-state index >= 15 is 0 Å². The fourth-order valence-electron chi connectivity index (χ4n) is 1.75. The molecule has 0 radical (unpaired) electrons. The lowest BCUT2D eigenvalue weighted by atomic mass is 10.2. The van der Waals surface area contributed by atoms with E-state index in [2.05, 4.69) is 15.6 Å². The second-order valence-corrected chi connectivity index (χ2v) is 5.20. The van der Waals surface area contributed by atoms with E-state index in [1.54, 1.807) is 24.3 Å². The summed E-state index contributed by atoms with van der Waals surface area (Å²) >= 11 is 5.86. The van der Waals surface area contributed by atoms with E-state index in [0.717, 1.165) is 24.3 Å². The molecule has 0 unspecified atom stereocenters. The van der Waals surface area contributed by atoms with Crippen LogP contribution in [0.4, 0.5) is 13.2 Å². The van der Waals surface area contributed by atoms with Crippen molar-refractivity contribution in [3.8, 4) is 11.5 Å². The van der Waals surface area contributed by atoms with E-state index in [1.807, 2.05) is 0 Å². The lowest BCUT2D eigenvalue weighted by Crippen LogP contribution is -2.43. The fourth-order valence-corrected chi connectivity index (χ4v) is 1.94. The van der Waals surface area contributed by atoms with Crippen molar-refractivity contribution in [2.75, 3.05) is 6.61 Å². The van der Waals surface area contributed by atoms with Crippen LogP contribution in [0.2, 0.25) is 5.02 Å². The van der Waals surface area contributed by atoms with E-state index in [9.17, 15) is 22.8 Å². The van der Waals surface area contributed by atoms with E-state index in [4.69, 9.17) is 16.3 Å². The van der Waals surface area contributed by atoms with E-state index < -0.39 is 30.5 Å². The SMILES string of the molecule is O=C(COc1ccccc1Cl)NNC(=O)c1ccc(OC(F)(F)F)cc1. The summed E-state index contributed by atoms with van der Waals surface area (Å²) in [6.07, 6.45) is -4.82. The summed E-state index contributed by atoms with van der Waals surface area (Å²) in [4.78, 5) is 23.5. The van der Waals surface area contributed by atoms with E-state index in [-0.39, 0.29) is 5.56 Å². The van der Waals surface area contributed by atoms with E-state index in [1.165, 1.54) is 0 Å². The molecule has 2 rings (SSSR count). The average molecular weight is 389 g/mol. The Morgan fingerprint density at radius 3 is 2.27 bits per heavy atom. The number of nitrogens with one attached hydrogen (secondary N) is 2. The maximum Gasteiger partial charge on any atom is 0.573 e. The zero-order chi connectivity index (χ0) is 19.2.